The molecule has 5 nitrogen and oxygen atoms in total. The molecule has 1 aliphatic rings. The highest BCUT2D eigenvalue weighted by molar-refractivity contribution is 5.81. The summed E-state index contributed by atoms with van der Waals surface area (Å²) in [6, 6.07) is 0. The SMILES string of the molecule is O=C(O)CNC(=O)CC1CCNCC1. The fourth-order valence-corrected chi connectivity index (χ4v) is 1.59. The maximum atomic E-state index is 11.2. The number of aliphatic carboxylic acids is 1. The molecule has 1 aliphatic heterocycles. The van der Waals surface area contributed by atoms with Gasteiger partial charge < -0.3 is 15.7 Å². The minimum Gasteiger partial charge on any atom is -0.480 e. The van der Waals surface area contributed by atoms with Crippen LogP contribution in [-0.2, 0) is 9.59 Å². The van der Waals surface area contributed by atoms with Crippen LogP contribution < -0.4 is 10.6 Å². The fraction of sp³-hybridized carbons (Fsp3) is 0.778. The zero-order chi connectivity index (χ0) is 10.4. The lowest BCUT2D eigenvalue weighted by molar-refractivity contribution is -0.138. The molecule has 14 heavy (non-hydrogen) atoms. The van der Waals surface area contributed by atoms with Gasteiger partial charge in [0.15, 0.2) is 0 Å². The zero-order valence-corrected chi connectivity index (χ0v) is 8.08. The standard InChI is InChI=1S/C9H16N2O3/c12-8(11-6-9(13)14)5-7-1-3-10-4-2-7/h7,10H,1-6H2,(H,11,12)(H,13,14). The summed E-state index contributed by atoms with van der Waals surface area (Å²) < 4.78 is 0. The van der Waals surface area contributed by atoms with Crippen molar-refractivity contribution in [2.24, 2.45) is 5.92 Å². The Balaban J connectivity index is 2.15. The third-order valence-corrected chi connectivity index (χ3v) is 2.37. The quantitative estimate of drug-likeness (QED) is 0.575. The van der Waals surface area contributed by atoms with Gasteiger partial charge in [-0.05, 0) is 31.8 Å². The first kappa shape index (κ1) is 11.0. The second kappa shape index (κ2) is 5.59. The molecule has 1 fully saturated rings. The molecular formula is C9H16N2O3. The van der Waals surface area contributed by atoms with E-state index >= 15 is 0 Å². The molecule has 1 heterocycles. The molecule has 5 heteroatoms. The molecule has 0 bridgehead atoms. The largest absolute Gasteiger partial charge is 0.480 e. The highest BCUT2D eigenvalue weighted by Gasteiger charge is 2.16. The fourth-order valence-electron chi connectivity index (χ4n) is 1.59. The van der Waals surface area contributed by atoms with Crippen LogP contribution in [-0.4, -0.2) is 36.6 Å². The molecule has 1 amide bonds. The minimum atomic E-state index is -0.997. The van der Waals surface area contributed by atoms with Crippen molar-refractivity contribution < 1.29 is 14.7 Å². The Labute approximate surface area is 82.9 Å². The number of carboxylic acids is 1. The van der Waals surface area contributed by atoms with Crippen LogP contribution in [0.4, 0.5) is 0 Å². The van der Waals surface area contributed by atoms with Crippen LogP contribution in [0.25, 0.3) is 0 Å². The Morgan fingerprint density at radius 3 is 2.57 bits per heavy atom. The van der Waals surface area contributed by atoms with E-state index in [1.54, 1.807) is 0 Å². The summed E-state index contributed by atoms with van der Waals surface area (Å²) in [5.74, 6) is -0.743. The van der Waals surface area contributed by atoms with Gasteiger partial charge in [0.25, 0.3) is 0 Å². The first-order chi connectivity index (χ1) is 6.68. The van der Waals surface area contributed by atoms with E-state index in [1.165, 1.54) is 0 Å². The van der Waals surface area contributed by atoms with Crippen LogP contribution in [0.15, 0.2) is 0 Å². The molecule has 0 radical (unpaired) electrons. The van der Waals surface area contributed by atoms with Gasteiger partial charge >= 0.3 is 5.97 Å². The summed E-state index contributed by atoms with van der Waals surface area (Å²) in [6.07, 6.45) is 2.45. The lowest BCUT2D eigenvalue weighted by atomic mass is 9.94. The van der Waals surface area contributed by atoms with Gasteiger partial charge in [0, 0.05) is 6.42 Å². The highest BCUT2D eigenvalue weighted by atomic mass is 16.4. The minimum absolute atomic E-state index is 0.153. The van der Waals surface area contributed by atoms with Crippen molar-refractivity contribution in [1.29, 1.82) is 0 Å². The van der Waals surface area contributed by atoms with Crippen molar-refractivity contribution in [1.82, 2.24) is 10.6 Å². The lowest BCUT2D eigenvalue weighted by Crippen LogP contribution is -2.34. The van der Waals surface area contributed by atoms with E-state index in [9.17, 15) is 9.59 Å². The molecule has 0 aromatic carbocycles. The van der Waals surface area contributed by atoms with Crippen LogP contribution in [0.1, 0.15) is 19.3 Å². The van der Waals surface area contributed by atoms with Crippen molar-refractivity contribution in [2.45, 2.75) is 19.3 Å². The first-order valence-electron chi connectivity index (χ1n) is 4.87. The molecule has 0 unspecified atom stereocenters. The third kappa shape index (κ3) is 4.23. The average Bonchev–Trinajstić information content (AvgIpc) is 2.16. The lowest BCUT2D eigenvalue weighted by Gasteiger charge is -2.21. The monoisotopic (exact) mass is 200 g/mol. The smallest absolute Gasteiger partial charge is 0.322 e. The molecule has 1 saturated heterocycles. The van der Waals surface area contributed by atoms with Gasteiger partial charge in [-0.2, -0.15) is 0 Å². The normalized spacial score (nSPS) is 17.7. The van der Waals surface area contributed by atoms with E-state index in [0.29, 0.717) is 12.3 Å². The summed E-state index contributed by atoms with van der Waals surface area (Å²) >= 11 is 0. The van der Waals surface area contributed by atoms with Gasteiger partial charge in [-0.3, -0.25) is 9.59 Å². The van der Waals surface area contributed by atoms with E-state index in [1.807, 2.05) is 0 Å². The van der Waals surface area contributed by atoms with E-state index < -0.39 is 5.97 Å². The summed E-state index contributed by atoms with van der Waals surface area (Å²) in [7, 11) is 0. The average molecular weight is 200 g/mol. The van der Waals surface area contributed by atoms with Gasteiger partial charge in [-0.15, -0.1) is 0 Å². The Kier molecular flexibility index (Phi) is 4.39. The van der Waals surface area contributed by atoms with Gasteiger partial charge in [-0.1, -0.05) is 0 Å². The van der Waals surface area contributed by atoms with Crippen LogP contribution >= 0.6 is 0 Å². The molecule has 0 spiro atoms. The van der Waals surface area contributed by atoms with Crippen molar-refractivity contribution in [3.63, 3.8) is 0 Å². The molecule has 0 aromatic rings. The van der Waals surface area contributed by atoms with Crippen LogP contribution in [0.5, 0.6) is 0 Å². The number of amides is 1. The zero-order valence-electron chi connectivity index (χ0n) is 8.08. The number of rotatable bonds is 4. The van der Waals surface area contributed by atoms with E-state index in [4.69, 9.17) is 5.11 Å². The van der Waals surface area contributed by atoms with Crippen LogP contribution in [0.2, 0.25) is 0 Å². The second-order valence-electron chi connectivity index (χ2n) is 3.57. The van der Waals surface area contributed by atoms with Crippen molar-refractivity contribution >= 4 is 11.9 Å². The second-order valence-corrected chi connectivity index (χ2v) is 3.57. The number of nitrogens with one attached hydrogen (secondary N) is 2. The summed E-state index contributed by atoms with van der Waals surface area (Å²) in [4.78, 5) is 21.4. The molecule has 1 rings (SSSR count). The third-order valence-electron chi connectivity index (χ3n) is 2.37. The molecule has 80 valence electrons. The van der Waals surface area contributed by atoms with E-state index in [-0.39, 0.29) is 12.5 Å². The van der Waals surface area contributed by atoms with Crippen molar-refractivity contribution in [3.05, 3.63) is 0 Å². The number of carboxylic acid groups (broad SMARTS) is 1. The van der Waals surface area contributed by atoms with E-state index in [0.717, 1.165) is 25.9 Å². The maximum Gasteiger partial charge on any atom is 0.322 e. The molecule has 0 aromatic heterocycles. The highest BCUT2D eigenvalue weighted by Crippen LogP contribution is 2.15. The summed E-state index contributed by atoms with van der Waals surface area (Å²) in [5.41, 5.74) is 0. The molecular weight excluding hydrogens is 184 g/mol. The number of carbonyl (C=O) groups excluding carboxylic acids is 1. The van der Waals surface area contributed by atoms with Gasteiger partial charge in [0.05, 0.1) is 0 Å². The van der Waals surface area contributed by atoms with Crippen molar-refractivity contribution in [3.8, 4) is 0 Å². The van der Waals surface area contributed by atoms with Gasteiger partial charge in [0.1, 0.15) is 6.54 Å². The van der Waals surface area contributed by atoms with Crippen LogP contribution in [0.3, 0.4) is 0 Å². The Morgan fingerprint density at radius 2 is 2.00 bits per heavy atom. The Morgan fingerprint density at radius 1 is 1.36 bits per heavy atom. The van der Waals surface area contributed by atoms with E-state index in [2.05, 4.69) is 10.6 Å². The number of hydrogen-bond donors (Lipinski definition) is 3. The first-order valence-corrected chi connectivity index (χ1v) is 4.87. The molecule has 3 N–H and O–H groups in total. The van der Waals surface area contributed by atoms with Gasteiger partial charge in [0.2, 0.25) is 5.91 Å². The van der Waals surface area contributed by atoms with Gasteiger partial charge in [-0.25, -0.2) is 0 Å². The van der Waals surface area contributed by atoms with Crippen molar-refractivity contribution in [2.75, 3.05) is 19.6 Å². The summed E-state index contributed by atoms with van der Waals surface area (Å²) in [6.45, 7) is 1.64. The topological polar surface area (TPSA) is 78.4 Å². The Hall–Kier alpha value is -1.10. The molecule has 0 atom stereocenters. The Bertz CT molecular complexity index is 212. The number of carbonyl (C=O) groups is 2. The summed E-state index contributed by atoms with van der Waals surface area (Å²) in [5, 5.41) is 13.9. The number of hydrogen-bond acceptors (Lipinski definition) is 3. The predicted octanol–water partition coefficient (Wildman–Crippen LogP) is -0.423. The van der Waals surface area contributed by atoms with Crippen LogP contribution in [0, 0.1) is 5.92 Å². The predicted molar refractivity (Wildman–Crippen MR) is 50.9 cm³/mol. The number of piperidine rings is 1. The molecule has 0 saturated carbocycles. The maximum absolute atomic E-state index is 11.2. The molecule has 0 aliphatic carbocycles.